The Labute approximate surface area is 142 Å². The Hall–Kier alpha value is -1.86. The van der Waals surface area contributed by atoms with E-state index in [9.17, 15) is 9.59 Å². The smallest absolute Gasteiger partial charge is 0.462 e. The van der Waals surface area contributed by atoms with E-state index >= 15 is 0 Å². The van der Waals surface area contributed by atoms with Gasteiger partial charge in [0.05, 0.1) is 13.2 Å². The minimum absolute atomic E-state index is 0.183. The third-order valence-electron chi connectivity index (χ3n) is 3.07. The summed E-state index contributed by atoms with van der Waals surface area (Å²) in [6.07, 6.45) is 4.49. The fraction of sp³-hybridized carbons (Fsp3) is 0.647. The van der Waals surface area contributed by atoms with Crippen molar-refractivity contribution in [3.63, 3.8) is 0 Å². The van der Waals surface area contributed by atoms with Crippen LogP contribution >= 0.6 is 0 Å². The van der Waals surface area contributed by atoms with Gasteiger partial charge in [0.25, 0.3) is 0 Å². The molecule has 7 heteroatoms. The number of cyclic esters (lactones) is 2. The van der Waals surface area contributed by atoms with Crippen LogP contribution < -0.4 is 0 Å². The summed E-state index contributed by atoms with van der Waals surface area (Å²) in [5, 5.41) is 0. The van der Waals surface area contributed by atoms with Crippen molar-refractivity contribution in [2.75, 3.05) is 39.6 Å². The Kier molecular flexibility index (Phi) is 10.6. The van der Waals surface area contributed by atoms with Gasteiger partial charge in [0.15, 0.2) is 6.61 Å². The van der Waals surface area contributed by atoms with E-state index in [1.807, 2.05) is 0 Å². The van der Waals surface area contributed by atoms with Crippen LogP contribution in [-0.2, 0) is 28.5 Å². The predicted octanol–water partition coefficient (Wildman–Crippen LogP) is 2.75. The van der Waals surface area contributed by atoms with Crippen molar-refractivity contribution in [2.45, 2.75) is 32.6 Å². The van der Waals surface area contributed by atoms with Crippen LogP contribution in [0.15, 0.2) is 24.0 Å². The number of ether oxygens (including phenoxy) is 5. The number of hydrogen-bond acceptors (Lipinski definition) is 7. The van der Waals surface area contributed by atoms with Crippen molar-refractivity contribution in [2.24, 2.45) is 0 Å². The lowest BCUT2D eigenvalue weighted by atomic mass is 10.3. The number of rotatable bonds is 13. The van der Waals surface area contributed by atoms with Crippen LogP contribution in [0.5, 0.6) is 0 Å². The SMILES string of the molecule is C=C(C)C(=O)OCCCCOCCCCOCC=C1COC(=O)O1. The van der Waals surface area contributed by atoms with Crippen LogP contribution in [0.3, 0.4) is 0 Å². The zero-order chi connectivity index (χ0) is 17.6. The van der Waals surface area contributed by atoms with Gasteiger partial charge < -0.3 is 23.7 Å². The Bertz CT molecular complexity index is 442. The second-order valence-corrected chi connectivity index (χ2v) is 5.33. The Balaban J connectivity index is 1.78. The van der Waals surface area contributed by atoms with Gasteiger partial charge in [-0.1, -0.05) is 6.58 Å². The standard InChI is InChI=1S/C17H26O7/c1-14(2)16(18)22-11-6-5-9-20-8-3-4-10-21-12-7-15-13-23-17(19)24-15/h7H,1,3-6,8-13H2,2H3. The molecule has 0 aromatic rings. The normalized spacial score (nSPS) is 15.2. The van der Waals surface area contributed by atoms with Gasteiger partial charge >= 0.3 is 12.1 Å². The van der Waals surface area contributed by atoms with Crippen LogP contribution in [0.2, 0.25) is 0 Å². The van der Waals surface area contributed by atoms with Gasteiger partial charge in [-0.2, -0.15) is 0 Å². The molecule has 0 aromatic heterocycles. The maximum atomic E-state index is 11.1. The molecule has 1 saturated heterocycles. The summed E-state index contributed by atoms with van der Waals surface area (Å²) < 4.78 is 25.2. The molecule has 1 aliphatic heterocycles. The summed E-state index contributed by atoms with van der Waals surface area (Å²) in [5.41, 5.74) is 0.419. The quantitative estimate of drug-likeness (QED) is 0.289. The van der Waals surface area contributed by atoms with E-state index in [0.717, 1.165) is 25.7 Å². The zero-order valence-electron chi connectivity index (χ0n) is 14.2. The van der Waals surface area contributed by atoms with Gasteiger partial charge in [-0.05, 0) is 38.7 Å². The first kappa shape index (κ1) is 20.2. The highest BCUT2D eigenvalue weighted by Crippen LogP contribution is 2.09. The molecule has 0 bridgehead atoms. The van der Waals surface area contributed by atoms with Crippen LogP contribution in [0.4, 0.5) is 4.79 Å². The Morgan fingerprint density at radius 1 is 1.12 bits per heavy atom. The topological polar surface area (TPSA) is 80.3 Å². The molecular formula is C17H26O7. The van der Waals surface area contributed by atoms with Crippen molar-refractivity contribution in [3.05, 3.63) is 24.0 Å². The Morgan fingerprint density at radius 3 is 2.33 bits per heavy atom. The Morgan fingerprint density at radius 2 is 1.75 bits per heavy atom. The molecule has 136 valence electrons. The van der Waals surface area contributed by atoms with Crippen LogP contribution in [0.25, 0.3) is 0 Å². The molecule has 0 amide bonds. The third-order valence-corrected chi connectivity index (χ3v) is 3.07. The number of carbonyl (C=O) groups is 2. The summed E-state index contributed by atoms with van der Waals surface area (Å²) in [6, 6.07) is 0. The molecule has 0 aromatic carbocycles. The fourth-order valence-electron chi connectivity index (χ4n) is 1.74. The molecular weight excluding hydrogens is 316 g/mol. The molecule has 1 heterocycles. The van der Waals surface area contributed by atoms with Crippen LogP contribution in [0, 0.1) is 0 Å². The molecule has 0 spiro atoms. The minimum atomic E-state index is -0.660. The number of hydrogen-bond donors (Lipinski definition) is 0. The average Bonchev–Trinajstić information content (AvgIpc) is 2.96. The lowest BCUT2D eigenvalue weighted by molar-refractivity contribution is -0.139. The monoisotopic (exact) mass is 342 g/mol. The lowest BCUT2D eigenvalue weighted by Gasteiger charge is -2.06. The molecule has 0 radical (unpaired) electrons. The van der Waals surface area contributed by atoms with Crippen LogP contribution in [0.1, 0.15) is 32.6 Å². The first-order chi connectivity index (χ1) is 11.6. The summed E-state index contributed by atoms with van der Waals surface area (Å²) in [6.45, 7) is 8.09. The van der Waals surface area contributed by atoms with Crippen molar-refractivity contribution < 1.29 is 33.3 Å². The molecule has 1 fully saturated rings. The van der Waals surface area contributed by atoms with Gasteiger partial charge in [-0.15, -0.1) is 0 Å². The maximum Gasteiger partial charge on any atom is 0.514 e. The van der Waals surface area contributed by atoms with Crippen LogP contribution in [-0.4, -0.2) is 51.8 Å². The highest BCUT2D eigenvalue weighted by molar-refractivity contribution is 5.86. The molecule has 0 N–H and O–H groups in total. The molecule has 0 unspecified atom stereocenters. The van der Waals surface area contributed by atoms with E-state index in [1.54, 1.807) is 13.0 Å². The van der Waals surface area contributed by atoms with Gasteiger partial charge in [0.2, 0.25) is 0 Å². The number of carbonyl (C=O) groups excluding carboxylic acids is 2. The summed E-state index contributed by atoms with van der Waals surface area (Å²) in [4.78, 5) is 21.8. The highest BCUT2D eigenvalue weighted by Gasteiger charge is 2.17. The molecule has 7 nitrogen and oxygen atoms in total. The molecule has 24 heavy (non-hydrogen) atoms. The molecule has 1 aliphatic rings. The summed E-state index contributed by atoms with van der Waals surface area (Å²) in [5.74, 6) is 0.155. The van der Waals surface area contributed by atoms with Crippen molar-refractivity contribution in [1.82, 2.24) is 0 Å². The third kappa shape index (κ3) is 10.0. The minimum Gasteiger partial charge on any atom is -0.462 e. The highest BCUT2D eigenvalue weighted by atomic mass is 16.8. The zero-order valence-corrected chi connectivity index (χ0v) is 14.2. The van der Waals surface area contributed by atoms with E-state index in [0.29, 0.717) is 44.4 Å². The number of unbranched alkanes of at least 4 members (excludes halogenated alkanes) is 2. The van der Waals surface area contributed by atoms with E-state index in [-0.39, 0.29) is 12.6 Å². The van der Waals surface area contributed by atoms with Gasteiger partial charge in [0.1, 0.15) is 5.76 Å². The first-order valence-electron chi connectivity index (χ1n) is 8.11. The number of esters is 1. The first-order valence-corrected chi connectivity index (χ1v) is 8.11. The largest absolute Gasteiger partial charge is 0.514 e. The van der Waals surface area contributed by atoms with Crippen molar-refractivity contribution >= 4 is 12.1 Å². The van der Waals surface area contributed by atoms with E-state index < -0.39 is 6.16 Å². The predicted molar refractivity (Wildman–Crippen MR) is 86.4 cm³/mol. The fourth-order valence-corrected chi connectivity index (χ4v) is 1.74. The van der Waals surface area contributed by atoms with E-state index in [1.165, 1.54) is 0 Å². The second kappa shape index (κ2) is 12.5. The molecule has 0 saturated carbocycles. The maximum absolute atomic E-state index is 11.1. The summed E-state index contributed by atoms with van der Waals surface area (Å²) >= 11 is 0. The molecule has 0 atom stereocenters. The van der Waals surface area contributed by atoms with Crippen molar-refractivity contribution in [3.8, 4) is 0 Å². The lowest BCUT2D eigenvalue weighted by Crippen LogP contribution is -2.07. The van der Waals surface area contributed by atoms with E-state index in [2.05, 4.69) is 11.3 Å². The van der Waals surface area contributed by atoms with Gasteiger partial charge in [-0.3, -0.25) is 0 Å². The second-order valence-electron chi connectivity index (χ2n) is 5.33. The average molecular weight is 342 g/mol. The van der Waals surface area contributed by atoms with Crippen molar-refractivity contribution in [1.29, 1.82) is 0 Å². The van der Waals surface area contributed by atoms with Gasteiger partial charge in [0, 0.05) is 25.4 Å². The molecule has 0 aliphatic carbocycles. The summed E-state index contributed by atoms with van der Waals surface area (Å²) in [7, 11) is 0. The van der Waals surface area contributed by atoms with E-state index in [4.69, 9.17) is 18.9 Å². The molecule has 1 rings (SSSR count). The van der Waals surface area contributed by atoms with Gasteiger partial charge in [-0.25, -0.2) is 9.59 Å².